The van der Waals surface area contributed by atoms with Gasteiger partial charge >= 0.3 is 0 Å². The maximum Gasteiger partial charge on any atom is 0.243 e. The number of hydrogen-bond donors (Lipinski definition) is 2. The van der Waals surface area contributed by atoms with Gasteiger partial charge in [0.05, 0.1) is 11.4 Å². The number of rotatable bonds is 7. The van der Waals surface area contributed by atoms with Crippen LogP contribution in [0, 0.1) is 0 Å². The number of carbonyl (C=O) groups is 1. The lowest BCUT2D eigenvalue weighted by Crippen LogP contribution is -2.50. The summed E-state index contributed by atoms with van der Waals surface area (Å²) >= 11 is 6.00. The Morgan fingerprint density at radius 1 is 1.03 bits per heavy atom. The van der Waals surface area contributed by atoms with E-state index in [4.69, 9.17) is 11.6 Å². The molecule has 1 heterocycles. The first-order chi connectivity index (χ1) is 14.4. The fraction of sp³-hybridized carbons (Fsp3) is 0.409. The molecule has 8 heteroatoms. The molecule has 0 atom stereocenters. The summed E-state index contributed by atoms with van der Waals surface area (Å²) in [6.07, 6.45) is 4.80. The maximum atomic E-state index is 12.7. The van der Waals surface area contributed by atoms with E-state index >= 15 is 0 Å². The highest BCUT2D eigenvalue weighted by Gasteiger charge is 2.38. The Morgan fingerprint density at radius 3 is 2.37 bits per heavy atom. The van der Waals surface area contributed by atoms with Gasteiger partial charge in [-0.05, 0) is 68.0 Å². The average molecular weight is 448 g/mol. The summed E-state index contributed by atoms with van der Waals surface area (Å²) in [5.74, 6) is -0.203. The molecule has 2 fully saturated rings. The van der Waals surface area contributed by atoms with E-state index in [1.807, 2.05) is 24.3 Å². The van der Waals surface area contributed by atoms with E-state index in [0.717, 1.165) is 37.7 Å². The van der Waals surface area contributed by atoms with Gasteiger partial charge in [-0.15, -0.1) is 0 Å². The summed E-state index contributed by atoms with van der Waals surface area (Å²) in [5.41, 5.74) is 1.41. The Balaban J connectivity index is 1.40. The van der Waals surface area contributed by atoms with E-state index in [1.165, 1.54) is 10.4 Å². The third kappa shape index (κ3) is 4.39. The van der Waals surface area contributed by atoms with Gasteiger partial charge in [0.2, 0.25) is 15.9 Å². The fourth-order valence-electron chi connectivity index (χ4n) is 4.13. The molecule has 1 saturated carbocycles. The molecule has 2 aromatic carbocycles. The topological polar surface area (TPSA) is 78.5 Å². The van der Waals surface area contributed by atoms with Crippen molar-refractivity contribution < 1.29 is 13.2 Å². The summed E-state index contributed by atoms with van der Waals surface area (Å²) in [4.78, 5) is 12.8. The van der Waals surface area contributed by atoms with E-state index < -0.39 is 10.0 Å². The summed E-state index contributed by atoms with van der Waals surface area (Å²) in [7, 11) is -3.51. The fourth-order valence-corrected chi connectivity index (χ4v) is 5.82. The van der Waals surface area contributed by atoms with Crippen LogP contribution >= 0.6 is 11.6 Å². The monoisotopic (exact) mass is 447 g/mol. The number of sulfonamides is 1. The molecule has 1 saturated heterocycles. The molecule has 2 aliphatic rings. The molecule has 2 aromatic rings. The van der Waals surface area contributed by atoms with Crippen molar-refractivity contribution in [2.75, 3.05) is 25.0 Å². The summed E-state index contributed by atoms with van der Waals surface area (Å²) in [6, 6.07) is 14.2. The smallest absolute Gasteiger partial charge is 0.243 e. The normalized spacial score (nSPS) is 18.7. The zero-order chi connectivity index (χ0) is 21.2. The van der Waals surface area contributed by atoms with Crippen LogP contribution in [0.5, 0.6) is 0 Å². The number of benzene rings is 2. The quantitative estimate of drug-likeness (QED) is 0.677. The summed E-state index contributed by atoms with van der Waals surface area (Å²) in [5, 5.41) is 6.91. The minimum absolute atomic E-state index is 0.145. The number of hydrogen-bond acceptors (Lipinski definition) is 4. The zero-order valence-electron chi connectivity index (χ0n) is 16.7. The van der Waals surface area contributed by atoms with Crippen LogP contribution in [-0.4, -0.2) is 38.3 Å². The van der Waals surface area contributed by atoms with Crippen molar-refractivity contribution >= 4 is 33.2 Å². The molecule has 1 amide bonds. The molecule has 0 spiro atoms. The Kier molecular flexibility index (Phi) is 6.16. The largest absolute Gasteiger partial charge is 0.325 e. The maximum absolute atomic E-state index is 12.7. The molecule has 4 rings (SSSR count). The van der Waals surface area contributed by atoms with Gasteiger partial charge in [-0.25, -0.2) is 8.42 Å². The van der Waals surface area contributed by atoms with E-state index in [2.05, 4.69) is 10.6 Å². The molecule has 0 aromatic heterocycles. The number of halogens is 1. The van der Waals surface area contributed by atoms with E-state index in [0.29, 0.717) is 23.8 Å². The highest BCUT2D eigenvalue weighted by atomic mass is 35.5. The Bertz CT molecular complexity index is 1010. The Hall–Kier alpha value is -1.93. The second-order valence-corrected chi connectivity index (χ2v) is 10.4. The van der Waals surface area contributed by atoms with Gasteiger partial charge in [-0.3, -0.25) is 10.1 Å². The van der Waals surface area contributed by atoms with Crippen LogP contribution in [0.25, 0.3) is 0 Å². The summed E-state index contributed by atoms with van der Waals surface area (Å²) < 4.78 is 27.0. The first kappa shape index (κ1) is 21.3. The van der Waals surface area contributed by atoms with Crippen molar-refractivity contribution in [1.82, 2.24) is 9.62 Å². The molecule has 0 unspecified atom stereocenters. The van der Waals surface area contributed by atoms with Crippen molar-refractivity contribution in [3.05, 3.63) is 59.1 Å². The third-order valence-electron chi connectivity index (χ3n) is 6.01. The zero-order valence-corrected chi connectivity index (χ0v) is 18.3. The minimum atomic E-state index is -3.51. The highest BCUT2D eigenvalue weighted by molar-refractivity contribution is 7.89. The van der Waals surface area contributed by atoms with Gasteiger partial charge in [0.15, 0.2) is 0 Å². The van der Waals surface area contributed by atoms with Crippen molar-refractivity contribution in [3.8, 4) is 0 Å². The number of amides is 1. The molecule has 30 heavy (non-hydrogen) atoms. The lowest BCUT2D eigenvalue weighted by atomic mass is 9.72. The van der Waals surface area contributed by atoms with Gasteiger partial charge in [-0.2, -0.15) is 4.31 Å². The van der Waals surface area contributed by atoms with Crippen LogP contribution in [0.3, 0.4) is 0 Å². The molecule has 1 aliphatic carbocycles. The SMILES string of the molecule is O=C(CNC1(c2ccc(Cl)cc2)CCC1)Nc1cccc(S(=O)(=O)N2CCCC2)c1. The third-order valence-corrected chi connectivity index (χ3v) is 8.16. The van der Waals surface area contributed by atoms with Crippen molar-refractivity contribution in [3.63, 3.8) is 0 Å². The van der Waals surface area contributed by atoms with Crippen LogP contribution in [0.15, 0.2) is 53.4 Å². The number of nitrogens with one attached hydrogen (secondary N) is 2. The second-order valence-electron chi connectivity index (χ2n) is 7.98. The van der Waals surface area contributed by atoms with Crippen LogP contribution < -0.4 is 10.6 Å². The molecular formula is C22H26ClN3O3S. The van der Waals surface area contributed by atoms with Crippen molar-refractivity contribution in [1.29, 1.82) is 0 Å². The number of anilines is 1. The Morgan fingerprint density at radius 2 is 1.73 bits per heavy atom. The molecule has 6 nitrogen and oxygen atoms in total. The van der Waals surface area contributed by atoms with Gasteiger partial charge in [-0.1, -0.05) is 29.8 Å². The van der Waals surface area contributed by atoms with Crippen LogP contribution in [0.2, 0.25) is 5.02 Å². The minimum Gasteiger partial charge on any atom is -0.325 e. The Labute approximate surface area is 182 Å². The van der Waals surface area contributed by atoms with E-state index in [-0.39, 0.29) is 22.9 Å². The van der Waals surface area contributed by atoms with Crippen LogP contribution in [0.4, 0.5) is 5.69 Å². The lowest BCUT2D eigenvalue weighted by Gasteiger charge is -2.43. The average Bonchev–Trinajstić information content (AvgIpc) is 3.24. The molecule has 160 valence electrons. The predicted octanol–water partition coefficient (Wildman–Crippen LogP) is 3.73. The van der Waals surface area contributed by atoms with Crippen molar-refractivity contribution in [2.24, 2.45) is 0 Å². The standard InChI is InChI=1S/C22H26ClN3O3S/c23-18-9-7-17(8-10-18)22(11-4-12-22)24-16-21(27)25-19-5-3-6-20(15-19)30(28,29)26-13-1-2-14-26/h3,5-10,15,24H,1-2,4,11-14,16H2,(H,25,27). The predicted molar refractivity (Wildman–Crippen MR) is 118 cm³/mol. The van der Waals surface area contributed by atoms with Gasteiger partial charge < -0.3 is 5.32 Å². The van der Waals surface area contributed by atoms with E-state index in [9.17, 15) is 13.2 Å². The number of carbonyl (C=O) groups excluding carboxylic acids is 1. The van der Waals surface area contributed by atoms with Crippen molar-refractivity contribution in [2.45, 2.75) is 42.5 Å². The number of nitrogens with zero attached hydrogens (tertiary/aromatic N) is 1. The van der Waals surface area contributed by atoms with Crippen LogP contribution in [0.1, 0.15) is 37.7 Å². The molecule has 0 bridgehead atoms. The second kappa shape index (κ2) is 8.67. The highest BCUT2D eigenvalue weighted by Crippen LogP contribution is 2.41. The first-order valence-corrected chi connectivity index (χ1v) is 12.1. The molecule has 0 radical (unpaired) electrons. The molecule has 2 N–H and O–H groups in total. The first-order valence-electron chi connectivity index (χ1n) is 10.3. The summed E-state index contributed by atoms with van der Waals surface area (Å²) in [6.45, 7) is 1.25. The van der Waals surface area contributed by atoms with Crippen LogP contribution in [-0.2, 0) is 20.4 Å². The molecule has 1 aliphatic heterocycles. The lowest BCUT2D eigenvalue weighted by molar-refractivity contribution is -0.116. The van der Waals surface area contributed by atoms with Gasteiger partial charge in [0.25, 0.3) is 0 Å². The van der Waals surface area contributed by atoms with Gasteiger partial charge in [0.1, 0.15) is 0 Å². The van der Waals surface area contributed by atoms with E-state index in [1.54, 1.807) is 18.2 Å². The van der Waals surface area contributed by atoms with Gasteiger partial charge in [0, 0.05) is 29.3 Å². The molecular weight excluding hydrogens is 422 g/mol.